The lowest BCUT2D eigenvalue weighted by Gasteiger charge is -2.12. The van der Waals surface area contributed by atoms with Gasteiger partial charge in [0.25, 0.3) is 0 Å². The molecule has 0 aliphatic carbocycles. The fraction of sp³-hybridized carbons (Fsp3) is 0.381. The molecular formula is C21H29N3O2S. The molecule has 0 amide bonds. The number of aliphatic imine (C=N–C) groups is 1. The first-order valence-electron chi connectivity index (χ1n) is 9.43. The lowest BCUT2D eigenvalue weighted by molar-refractivity contribution is 0.592. The maximum Gasteiger partial charge on any atom is 0.191 e. The van der Waals surface area contributed by atoms with E-state index in [1.807, 2.05) is 25.1 Å². The quantitative estimate of drug-likeness (QED) is 0.394. The minimum absolute atomic E-state index is 0.113. The zero-order valence-corrected chi connectivity index (χ0v) is 16.9. The molecule has 0 bridgehead atoms. The lowest BCUT2D eigenvalue weighted by atomic mass is 10.1. The third kappa shape index (κ3) is 6.71. The van der Waals surface area contributed by atoms with Gasteiger partial charge in [-0.2, -0.15) is 0 Å². The minimum Gasteiger partial charge on any atom is -0.357 e. The second kappa shape index (κ2) is 10.7. The van der Waals surface area contributed by atoms with Crippen LogP contribution in [0.2, 0.25) is 0 Å². The van der Waals surface area contributed by atoms with Crippen LogP contribution >= 0.6 is 0 Å². The molecule has 0 aliphatic rings. The van der Waals surface area contributed by atoms with Crippen LogP contribution in [0.25, 0.3) is 0 Å². The van der Waals surface area contributed by atoms with Gasteiger partial charge in [-0.15, -0.1) is 0 Å². The molecule has 0 saturated heterocycles. The van der Waals surface area contributed by atoms with Crippen molar-refractivity contribution in [2.75, 3.05) is 18.8 Å². The standard InChI is InChI=1S/C21H29N3O2S/c1-3-18-11-8-9-12-19(18)17-24-21(22-4-2)23-15-10-16-27(25,26)20-13-6-5-7-14-20/h5-9,11-14H,3-4,10,15-17H2,1-2H3,(H2,22,23,24). The van der Waals surface area contributed by atoms with Crippen molar-refractivity contribution in [3.8, 4) is 0 Å². The van der Waals surface area contributed by atoms with Crippen molar-refractivity contribution < 1.29 is 8.42 Å². The van der Waals surface area contributed by atoms with Crippen molar-refractivity contribution in [2.24, 2.45) is 4.99 Å². The van der Waals surface area contributed by atoms with E-state index in [0.717, 1.165) is 13.0 Å². The first-order valence-corrected chi connectivity index (χ1v) is 11.1. The molecule has 0 spiro atoms. The highest BCUT2D eigenvalue weighted by Gasteiger charge is 2.13. The average Bonchev–Trinajstić information content (AvgIpc) is 2.70. The molecule has 146 valence electrons. The van der Waals surface area contributed by atoms with Crippen molar-refractivity contribution >= 4 is 15.8 Å². The molecule has 2 aromatic rings. The highest BCUT2D eigenvalue weighted by atomic mass is 32.2. The summed E-state index contributed by atoms with van der Waals surface area (Å²) in [6.45, 7) is 6.05. The summed E-state index contributed by atoms with van der Waals surface area (Å²) in [6.07, 6.45) is 1.50. The van der Waals surface area contributed by atoms with Crippen molar-refractivity contribution in [1.82, 2.24) is 10.6 Å². The van der Waals surface area contributed by atoms with Crippen LogP contribution < -0.4 is 10.6 Å². The first-order chi connectivity index (χ1) is 13.1. The van der Waals surface area contributed by atoms with Gasteiger partial charge in [0.15, 0.2) is 15.8 Å². The van der Waals surface area contributed by atoms with Crippen LogP contribution in [-0.2, 0) is 22.8 Å². The van der Waals surface area contributed by atoms with Crippen molar-refractivity contribution in [2.45, 2.75) is 38.1 Å². The summed E-state index contributed by atoms with van der Waals surface area (Å²) in [6, 6.07) is 16.9. The minimum atomic E-state index is -3.24. The summed E-state index contributed by atoms with van der Waals surface area (Å²) in [4.78, 5) is 5.01. The molecule has 2 rings (SSSR count). The van der Waals surface area contributed by atoms with Crippen LogP contribution in [0.4, 0.5) is 0 Å². The van der Waals surface area contributed by atoms with E-state index >= 15 is 0 Å². The number of rotatable bonds is 9. The molecule has 2 aromatic carbocycles. The second-order valence-electron chi connectivity index (χ2n) is 6.23. The molecule has 0 saturated carbocycles. The van der Waals surface area contributed by atoms with E-state index in [2.05, 4.69) is 34.7 Å². The Morgan fingerprint density at radius 1 is 0.926 bits per heavy atom. The fourth-order valence-corrected chi connectivity index (χ4v) is 4.11. The topological polar surface area (TPSA) is 70.6 Å². The second-order valence-corrected chi connectivity index (χ2v) is 8.34. The van der Waals surface area contributed by atoms with E-state index in [1.54, 1.807) is 24.3 Å². The zero-order valence-electron chi connectivity index (χ0n) is 16.1. The van der Waals surface area contributed by atoms with Gasteiger partial charge in [0.1, 0.15) is 0 Å². The van der Waals surface area contributed by atoms with Crippen LogP contribution in [0, 0.1) is 0 Å². The summed E-state index contributed by atoms with van der Waals surface area (Å²) in [5.41, 5.74) is 2.51. The molecule has 0 aromatic heterocycles. The summed E-state index contributed by atoms with van der Waals surface area (Å²) in [5.74, 6) is 0.822. The van der Waals surface area contributed by atoms with E-state index < -0.39 is 9.84 Å². The summed E-state index contributed by atoms with van der Waals surface area (Å²) >= 11 is 0. The molecular weight excluding hydrogens is 358 g/mol. The van der Waals surface area contributed by atoms with E-state index in [-0.39, 0.29) is 5.75 Å². The van der Waals surface area contributed by atoms with E-state index in [9.17, 15) is 8.42 Å². The van der Waals surface area contributed by atoms with E-state index in [0.29, 0.717) is 30.4 Å². The lowest BCUT2D eigenvalue weighted by Crippen LogP contribution is -2.38. The molecule has 6 heteroatoms. The number of nitrogens with zero attached hydrogens (tertiary/aromatic N) is 1. The van der Waals surface area contributed by atoms with Gasteiger partial charge in [-0.3, -0.25) is 0 Å². The Hall–Kier alpha value is -2.34. The smallest absolute Gasteiger partial charge is 0.191 e. The fourth-order valence-electron chi connectivity index (χ4n) is 2.78. The molecule has 0 fully saturated rings. The monoisotopic (exact) mass is 387 g/mol. The maximum atomic E-state index is 12.3. The van der Waals surface area contributed by atoms with Gasteiger partial charge in [0, 0.05) is 13.1 Å². The summed E-state index contributed by atoms with van der Waals surface area (Å²) < 4.78 is 24.6. The SMILES string of the molecule is CCNC(=NCc1ccccc1CC)NCCCS(=O)(=O)c1ccccc1. The van der Waals surface area contributed by atoms with Crippen LogP contribution in [0.1, 0.15) is 31.4 Å². The molecule has 0 aliphatic heterocycles. The molecule has 5 nitrogen and oxygen atoms in total. The number of aryl methyl sites for hydroxylation is 1. The third-order valence-electron chi connectivity index (χ3n) is 4.24. The van der Waals surface area contributed by atoms with Gasteiger partial charge >= 0.3 is 0 Å². The van der Waals surface area contributed by atoms with Gasteiger partial charge in [-0.1, -0.05) is 49.4 Å². The predicted octanol–water partition coefficient (Wildman–Crippen LogP) is 3.17. The third-order valence-corrected chi connectivity index (χ3v) is 6.05. The van der Waals surface area contributed by atoms with Gasteiger partial charge in [-0.25, -0.2) is 13.4 Å². The van der Waals surface area contributed by atoms with Gasteiger partial charge < -0.3 is 10.6 Å². The number of hydrogen-bond acceptors (Lipinski definition) is 3. The molecule has 0 unspecified atom stereocenters. The van der Waals surface area contributed by atoms with Crippen molar-refractivity contribution in [1.29, 1.82) is 0 Å². The first kappa shape index (κ1) is 21.0. The zero-order chi connectivity index (χ0) is 19.5. The number of nitrogens with one attached hydrogen (secondary N) is 2. The van der Waals surface area contributed by atoms with E-state index in [4.69, 9.17) is 0 Å². The van der Waals surface area contributed by atoms with Crippen LogP contribution in [0.15, 0.2) is 64.5 Å². The van der Waals surface area contributed by atoms with Gasteiger partial charge in [0.05, 0.1) is 17.2 Å². The van der Waals surface area contributed by atoms with Crippen molar-refractivity contribution in [3.63, 3.8) is 0 Å². The van der Waals surface area contributed by atoms with Gasteiger partial charge in [0.2, 0.25) is 0 Å². The summed E-state index contributed by atoms with van der Waals surface area (Å²) in [5, 5.41) is 6.44. The van der Waals surface area contributed by atoms with Gasteiger partial charge in [-0.05, 0) is 43.0 Å². The Kier molecular flexibility index (Phi) is 8.33. The number of hydrogen-bond donors (Lipinski definition) is 2. The van der Waals surface area contributed by atoms with E-state index in [1.165, 1.54) is 11.1 Å². The largest absolute Gasteiger partial charge is 0.357 e. The highest BCUT2D eigenvalue weighted by Crippen LogP contribution is 2.11. The number of guanidine groups is 1. The highest BCUT2D eigenvalue weighted by molar-refractivity contribution is 7.91. The Morgan fingerprint density at radius 2 is 1.59 bits per heavy atom. The number of sulfone groups is 1. The molecule has 0 radical (unpaired) electrons. The molecule has 0 atom stereocenters. The normalized spacial score (nSPS) is 12.0. The Bertz CT molecular complexity index is 834. The predicted molar refractivity (Wildman–Crippen MR) is 112 cm³/mol. The maximum absolute atomic E-state index is 12.3. The Morgan fingerprint density at radius 3 is 2.26 bits per heavy atom. The molecule has 0 heterocycles. The van der Waals surface area contributed by atoms with Crippen molar-refractivity contribution in [3.05, 3.63) is 65.7 Å². The van der Waals surface area contributed by atoms with Crippen LogP contribution in [0.5, 0.6) is 0 Å². The molecule has 27 heavy (non-hydrogen) atoms. The Balaban J connectivity index is 1.89. The number of benzene rings is 2. The van der Waals surface area contributed by atoms with Crippen LogP contribution in [-0.4, -0.2) is 33.2 Å². The average molecular weight is 388 g/mol. The summed E-state index contributed by atoms with van der Waals surface area (Å²) in [7, 11) is -3.24. The van der Waals surface area contributed by atoms with Crippen LogP contribution in [0.3, 0.4) is 0 Å². The Labute approximate surface area is 162 Å². The molecule has 2 N–H and O–H groups in total.